The van der Waals surface area contributed by atoms with E-state index in [1.54, 1.807) is 48.5 Å². The molecule has 0 amide bonds. The zero-order valence-electron chi connectivity index (χ0n) is 11.2. The van der Waals surface area contributed by atoms with Crippen molar-refractivity contribution >= 4 is 0 Å². The Morgan fingerprint density at radius 1 is 0.650 bits per heavy atom. The van der Waals surface area contributed by atoms with Gasteiger partial charge in [0.2, 0.25) is 0 Å². The molecule has 0 saturated heterocycles. The average Bonchev–Trinajstić information content (AvgIpc) is 2.48. The minimum atomic E-state index is 0.322. The second-order valence-electron chi connectivity index (χ2n) is 3.58. The zero-order valence-corrected chi connectivity index (χ0v) is 11.2. The van der Waals surface area contributed by atoms with Crippen molar-refractivity contribution in [2.75, 3.05) is 0 Å². The Hall–Kier alpha value is -2.84. The molecule has 0 heterocycles. The summed E-state index contributed by atoms with van der Waals surface area (Å²) in [7, 11) is 0. The number of aromatic hydroxyl groups is 2. The molecule has 0 bridgehead atoms. The number of benzene rings is 2. The van der Waals surface area contributed by atoms with Gasteiger partial charge in [0.05, 0.1) is 0 Å². The first kappa shape index (κ1) is 17.2. The van der Waals surface area contributed by atoms with E-state index in [4.69, 9.17) is 23.1 Å². The summed E-state index contributed by atoms with van der Waals surface area (Å²) in [5.74, 6) is 5.50. The van der Waals surface area contributed by atoms with Gasteiger partial charge in [-0.3, -0.25) is 0 Å². The summed E-state index contributed by atoms with van der Waals surface area (Å²) in [6.07, 6.45) is 11.1. The van der Waals surface area contributed by atoms with Crippen molar-refractivity contribution in [2.24, 2.45) is 0 Å². The molecule has 0 unspecified atom stereocenters. The van der Waals surface area contributed by atoms with Crippen LogP contribution >= 0.6 is 0 Å². The molecule has 2 rings (SSSR count). The molecule has 0 aliphatic carbocycles. The van der Waals surface area contributed by atoms with Gasteiger partial charge in [0.25, 0.3) is 0 Å². The molecule has 2 nitrogen and oxygen atoms in total. The summed E-state index contributed by atoms with van der Waals surface area (Å²) in [5, 5.41) is 17.3. The maximum absolute atomic E-state index is 8.63. The molecular weight excluding hydrogens is 248 g/mol. The molecule has 0 saturated carbocycles. The number of hydrogen-bond acceptors (Lipinski definition) is 2. The normalized spacial score (nSPS) is 7.70. The Bertz CT molecular complexity index is 467. The highest BCUT2D eigenvalue weighted by Gasteiger charge is 1.75. The number of rotatable bonds is 1. The molecule has 2 aromatic rings. The molecule has 0 radical (unpaired) electrons. The fraction of sp³-hybridized carbons (Fsp3) is 0.111. The van der Waals surface area contributed by atoms with Gasteiger partial charge in [-0.15, -0.1) is 24.7 Å². The molecule has 102 valence electrons. The molecular formula is C18H18O2. The van der Waals surface area contributed by atoms with E-state index in [1.165, 1.54) is 0 Å². The summed E-state index contributed by atoms with van der Waals surface area (Å²) < 4.78 is 0. The van der Waals surface area contributed by atoms with Crippen molar-refractivity contribution in [2.45, 2.75) is 12.8 Å². The lowest BCUT2D eigenvalue weighted by Gasteiger charge is -1.82. The van der Waals surface area contributed by atoms with Crippen molar-refractivity contribution in [1.82, 2.24) is 0 Å². The highest BCUT2D eigenvalue weighted by Crippen LogP contribution is 2.03. The van der Waals surface area contributed by atoms with Gasteiger partial charge in [-0.25, -0.2) is 0 Å². The smallest absolute Gasteiger partial charge is 0.115 e. The van der Waals surface area contributed by atoms with Gasteiger partial charge in [-0.1, -0.05) is 36.4 Å². The summed E-state index contributed by atoms with van der Waals surface area (Å²) in [6.45, 7) is 0. The summed E-state index contributed by atoms with van der Waals surface area (Å²) in [4.78, 5) is 0. The van der Waals surface area contributed by atoms with Gasteiger partial charge in [0.15, 0.2) is 0 Å². The van der Waals surface area contributed by atoms with E-state index in [-0.39, 0.29) is 0 Å². The molecule has 2 aromatic carbocycles. The predicted molar refractivity (Wildman–Crippen MR) is 83.1 cm³/mol. The third-order valence-electron chi connectivity index (χ3n) is 1.93. The zero-order chi connectivity index (χ0) is 15.1. The van der Waals surface area contributed by atoms with Crippen LogP contribution in [0.3, 0.4) is 0 Å². The average molecular weight is 266 g/mol. The highest BCUT2D eigenvalue weighted by atomic mass is 16.3. The highest BCUT2D eigenvalue weighted by molar-refractivity contribution is 5.19. The van der Waals surface area contributed by atoms with Crippen LogP contribution in [0.5, 0.6) is 11.5 Å². The first-order chi connectivity index (χ1) is 9.70. The van der Waals surface area contributed by atoms with E-state index in [1.807, 2.05) is 12.1 Å². The number of hydrogen-bond donors (Lipinski definition) is 2. The number of phenolic OH excluding ortho intramolecular Hbond substituents is 2. The van der Waals surface area contributed by atoms with Gasteiger partial charge < -0.3 is 10.2 Å². The van der Waals surface area contributed by atoms with Gasteiger partial charge >= 0.3 is 0 Å². The van der Waals surface area contributed by atoms with Crippen LogP contribution in [0.25, 0.3) is 0 Å². The van der Waals surface area contributed by atoms with Gasteiger partial charge in [-0.2, -0.15) is 0 Å². The summed E-state index contributed by atoms with van der Waals surface area (Å²) in [6, 6.07) is 17.4. The van der Waals surface area contributed by atoms with Crippen LogP contribution in [-0.2, 0) is 0 Å². The third-order valence-corrected chi connectivity index (χ3v) is 1.93. The maximum Gasteiger partial charge on any atom is 0.115 e. The first-order valence-electron chi connectivity index (χ1n) is 6.05. The standard InChI is InChI=1S/2C6H6O.C6H6/c2*7-6-4-2-1-3-5-6;1-3-5-6-4-2/h2*1-5,7H;1-2H,5-6H2. The van der Waals surface area contributed by atoms with Crippen LogP contribution in [0.2, 0.25) is 0 Å². The summed E-state index contributed by atoms with van der Waals surface area (Å²) >= 11 is 0. The Kier molecular flexibility index (Phi) is 10.8. The Labute approximate surface area is 120 Å². The lowest BCUT2D eigenvalue weighted by molar-refractivity contribution is 0.475. The number of terminal acetylenes is 2. The van der Waals surface area contributed by atoms with Crippen molar-refractivity contribution in [3.05, 3.63) is 60.7 Å². The van der Waals surface area contributed by atoms with Crippen molar-refractivity contribution in [3.8, 4) is 36.2 Å². The van der Waals surface area contributed by atoms with Crippen molar-refractivity contribution < 1.29 is 10.2 Å². The summed E-state index contributed by atoms with van der Waals surface area (Å²) in [5.41, 5.74) is 0. The minimum Gasteiger partial charge on any atom is -0.508 e. The molecule has 0 fully saturated rings. The number of unbranched alkanes of at least 4 members (excludes halogenated alkanes) is 1. The van der Waals surface area contributed by atoms with Crippen LogP contribution in [0.15, 0.2) is 60.7 Å². The second kappa shape index (κ2) is 12.6. The lowest BCUT2D eigenvalue weighted by Crippen LogP contribution is -1.58. The molecule has 2 N–H and O–H groups in total. The van der Waals surface area contributed by atoms with Crippen molar-refractivity contribution in [3.63, 3.8) is 0 Å². The van der Waals surface area contributed by atoms with E-state index in [0.717, 1.165) is 0 Å². The molecule has 0 spiro atoms. The fourth-order valence-corrected chi connectivity index (χ4v) is 1.00. The fourth-order valence-electron chi connectivity index (χ4n) is 1.00. The van der Waals surface area contributed by atoms with Gasteiger partial charge in [0.1, 0.15) is 11.5 Å². The minimum absolute atomic E-state index is 0.322. The first-order valence-corrected chi connectivity index (χ1v) is 6.05. The van der Waals surface area contributed by atoms with Crippen LogP contribution in [-0.4, -0.2) is 10.2 Å². The van der Waals surface area contributed by atoms with Crippen molar-refractivity contribution in [1.29, 1.82) is 0 Å². The number of para-hydroxylation sites is 2. The second-order valence-corrected chi connectivity index (χ2v) is 3.58. The molecule has 0 aliphatic rings. The molecule has 0 atom stereocenters. The quantitative estimate of drug-likeness (QED) is 0.608. The van der Waals surface area contributed by atoms with Gasteiger partial charge in [-0.05, 0) is 24.3 Å². The van der Waals surface area contributed by atoms with Crippen LogP contribution < -0.4 is 0 Å². The number of phenols is 2. The topological polar surface area (TPSA) is 40.5 Å². The molecule has 0 aromatic heterocycles. The van der Waals surface area contributed by atoms with E-state index in [2.05, 4.69) is 11.8 Å². The van der Waals surface area contributed by atoms with E-state index < -0.39 is 0 Å². The van der Waals surface area contributed by atoms with Crippen LogP contribution in [0, 0.1) is 24.7 Å². The van der Waals surface area contributed by atoms with Crippen LogP contribution in [0.4, 0.5) is 0 Å². The van der Waals surface area contributed by atoms with Crippen LogP contribution in [0.1, 0.15) is 12.8 Å². The third kappa shape index (κ3) is 11.6. The van der Waals surface area contributed by atoms with E-state index >= 15 is 0 Å². The van der Waals surface area contributed by atoms with Gasteiger partial charge in [0, 0.05) is 12.8 Å². The van der Waals surface area contributed by atoms with E-state index in [9.17, 15) is 0 Å². The molecule has 20 heavy (non-hydrogen) atoms. The predicted octanol–water partition coefficient (Wildman–Crippen LogP) is 3.82. The Morgan fingerprint density at radius 3 is 1.10 bits per heavy atom. The Balaban J connectivity index is 0.000000272. The van der Waals surface area contributed by atoms with E-state index in [0.29, 0.717) is 24.3 Å². The molecule has 2 heteroatoms. The maximum atomic E-state index is 8.63. The Morgan fingerprint density at radius 2 is 0.950 bits per heavy atom. The monoisotopic (exact) mass is 266 g/mol. The SMILES string of the molecule is C#CCCC#C.Oc1ccccc1.Oc1ccccc1. The lowest BCUT2D eigenvalue weighted by atomic mass is 10.3. The molecule has 0 aliphatic heterocycles. The largest absolute Gasteiger partial charge is 0.508 e.